The van der Waals surface area contributed by atoms with Crippen LogP contribution in [0.1, 0.15) is 96.0 Å². The van der Waals surface area contributed by atoms with Gasteiger partial charge in [0.15, 0.2) is 0 Å². The predicted molar refractivity (Wildman–Crippen MR) is 202 cm³/mol. The van der Waals surface area contributed by atoms with Crippen molar-refractivity contribution in [3.63, 3.8) is 0 Å². The third kappa shape index (κ3) is 7.58. The molecular weight excluding hydrogens is 685 g/mol. The number of rotatable bonds is 11. The largest absolute Gasteiger partial charge is 0.469 e. The molecule has 3 aromatic heterocycles. The van der Waals surface area contributed by atoms with E-state index in [0.29, 0.717) is 41.1 Å². The minimum atomic E-state index is -4.35. The van der Waals surface area contributed by atoms with Gasteiger partial charge in [0.2, 0.25) is 5.91 Å². The normalized spacial score (nSPS) is 15.8. The Labute approximate surface area is 303 Å². The summed E-state index contributed by atoms with van der Waals surface area (Å²) in [5.74, 6) is -2.62. The fourth-order valence-electron chi connectivity index (χ4n) is 7.12. The number of aryl methyl sites for hydroxylation is 3. The number of methoxy groups -OCH3 is 1. The van der Waals surface area contributed by atoms with E-state index in [4.69, 9.17) is 14.7 Å². The van der Waals surface area contributed by atoms with Gasteiger partial charge in [0.1, 0.15) is 0 Å². The van der Waals surface area contributed by atoms with E-state index in [2.05, 4.69) is 40.2 Å². The van der Waals surface area contributed by atoms with E-state index < -0.39 is 27.7 Å². The molecule has 2 aliphatic heterocycles. The lowest BCUT2D eigenvalue weighted by Crippen LogP contribution is -2.30. The summed E-state index contributed by atoms with van der Waals surface area (Å²) in [7, 11) is -1.51. The van der Waals surface area contributed by atoms with Crippen molar-refractivity contribution in [1.82, 2.24) is 30.6 Å². The van der Waals surface area contributed by atoms with Crippen LogP contribution in [0.5, 0.6) is 0 Å². The summed E-state index contributed by atoms with van der Waals surface area (Å²) in [6.45, 7) is 13.6. The van der Waals surface area contributed by atoms with Gasteiger partial charge in [-0.25, -0.2) is 4.98 Å². The number of carbonyl (C=O) groups is 3. The van der Waals surface area contributed by atoms with E-state index in [-0.39, 0.29) is 48.4 Å². The van der Waals surface area contributed by atoms with Crippen molar-refractivity contribution in [2.45, 2.75) is 72.1 Å². The second-order valence-electron chi connectivity index (χ2n) is 13.2. The molecule has 0 saturated heterocycles. The zero-order chi connectivity index (χ0) is 38.1. The van der Waals surface area contributed by atoms with Crippen LogP contribution in [0.25, 0.3) is 39.3 Å². The van der Waals surface area contributed by atoms with Crippen molar-refractivity contribution in [2.75, 3.05) is 26.5 Å². The third-order valence-electron chi connectivity index (χ3n) is 10.1. The maximum absolute atomic E-state index is 14.0. The van der Waals surface area contributed by atoms with Crippen molar-refractivity contribution in [2.24, 2.45) is 0 Å². The number of esters is 1. The van der Waals surface area contributed by atoms with E-state index >= 15 is 0 Å². The molecule has 2 atom stereocenters. The van der Waals surface area contributed by atoms with Crippen LogP contribution < -0.4 is 10.6 Å². The smallest absolute Gasteiger partial charge is 0.310 e. The van der Waals surface area contributed by atoms with Crippen LogP contribution in [0.15, 0.2) is 24.8 Å². The number of fused-ring (bicyclic) bond motifs is 8. The van der Waals surface area contributed by atoms with E-state index in [1.165, 1.54) is 7.11 Å². The number of nitrogens with zero attached hydrogens (tertiary/aromatic N) is 2. The Kier molecular flexibility index (Phi) is 11.2. The molecule has 5 N–H and O–H groups in total. The van der Waals surface area contributed by atoms with Gasteiger partial charge >= 0.3 is 5.97 Å². The highest BCUT2D eigenvalue weighted by Crippen LogP contribution is 2.44. The molecule has 52 heavy (non-hydrogen) atoms. The number of hydrogen-bond acceptors (Lipinski definition) is 8. The van der Waals surface area contributed by atoms with Gasteiger partial charge in [-0.1, -0.05) is 26.5 Å². The SMILES string of the molecule is C=Cc1c(C)c2cc3nc(c(CC(=O)OC)c4nc(cc5[nH]c(cc1[nH]2)c(C)c5CC)C(C)=C4C(=O)NCCS(=O)(=O)O)[C@@H](CCC(=O)NC)C3C. The monoisotopic (exact) mass is 730 g/mol. The highest BCUT2D eigenvalue weighted by molar-refractivity contribution is 7.85. The lowest BCUT2D eigenvalue weighted by Gasteiger charge is -2.18. The quantitative estimate of drug-likeness (QED) is 0.130. The first-order chi connectivity index (χ1) is 24.6. The molecule has 3 aromatic rings. The predicted octanol–water partition coefficient (Wildman–Crippen LogP) is 5.20. The van der Waals surface area contributed by atoms with E-state index in [9.17, 15) is 27.4 Å². The standard InChI is InChI=1S/C38H46N6O7S/c1-9-23-19(3)27-16-29-21(5)25(11-12-33(45)39-7)36(43-29)26(15-34(46)51-8)37-35(38(47)40-13-14-52(48,49)50)22(6)30(44-37)18-32-24(10-2)20(4)28(42-32)17-31(23)41-27/h9,16-18,21,25,41-42H,1,10-15H2,2-8H3,(H,39,45)(H,40,47)(H,48,49,50)/t21?,25-/m0/s1. The molecule has 8 bridgehead atoms. The number of H-pyrrole nitrogens is 2. The van der Waals surface area contributed by atoms with Crippen LogP contribution in [0.4, 0.5) is 0 Å². The highest BCUT2D eigenvalue weighted by atomic mass is 32.2. The molecular formula is C38H46N6O7S. The van der Waals surface area contributed by atoms with Crippen molar-refractivity contribution in [3.8, 4) is 0 Å². The summed E-state index contributed by atoms with van der Waals surface area (Å²) in [5, 5.41) is 5.28. The summed E-state index contributed by atoms with van der Waals surface area (Å²) in [6, 6.07) is 5.89. The number of allylic oxidation sites excluding steroid dienone is 1. The van der Waals surface area contributed by atoms with Gasteiger partial charge < -0.3 is 25.3 Å². The molecule has 1 unspecified atom stereocenters. The number of amides is 2. The number of hydrogen-bond donors (Lipinski definition) is 5. The van der Waals surface area contributed by atoms with E-state index in [1.54, 1.807) is 14.0 Å². The van der Waals surface area contributed by atoms with Gasteiger partial charge in [0.05, 0.1) is 41.9 Å². The number of ether oxygens (including phenoxy) is 1. The maximum Gasteiger partial charge on any atom is 0.310 e. The van der Waals surface area contributed by atoms with Crippen molar-refractivity contribution < 1.29 is 32.1 Å². The Morgan fingerprint density at radius 1 is 1.02 bits per heavy atom. The fraction of sp³-hybridized carbons (Fsp3) is 0.395. The molecule has 0 saturated carbocycles. The topological polar surface area (TPSA) is 196 Å². The molecule has 2 aliphatic rings. The van der Waals surface area contributed by atoms with Crippen molar-refractivity contribution in [3.05, 3.63) is 75.4 Å². The number of aromatic amines is 2. The third-order valence-corrected chi connectivity index (χ3v) is 10.8. The molecule has 0 aliphatic carbocycles. The average molecular weight is 731 g/mol. The Hall–Kier alpha value is -5.08. The molecule has 2 amide bonds. The number of carbonyl (C=O) groups excluding carboxylic acids is 3. The first-order valence-corrected chi connectivity index (χ1v) is 18.8. The number of nitrogens with one attached hydrogen (secondary N) is 4. The summed E-state index contributed by atoms with van der Waals surface area (Å²) in [6.07, 6.45) is 2.83. The van der Waals surface area contributed by atoms with Gasteiger partial charge in [-0.15, -0.1) is 0 Å². The van der Waals surface area contributed by atoms with Crippen LogP contribution in [0.2, 0.25) is 0 Å². The van der Waals surface area contributed by atoms with Crippen LogP contribution >= 0.6 is 0 Å². The van der Waals surface area contributed by atoms with Gasteiger partial charge in [-0.2, -0.15) is 8.42 Å². The van der Waals surface area contributed by atoms with Gasteiger partial charge in [0.25, 0.3) is 16.0 Å². The molecule has 0 spiro atoms. The highest BCUT2D eigenvalue weighted by Gasteiger charge is 2.35. The Bertz CT molecular complexity index is 2280. The number of aromatic nitrogens is 4. The molecule has 0 fully saturated rings. The van der Waals surface area contributed by atoms with Crippen LogP contribution in [-0.2, 0) is 42.1 Å². The van der Waals surface area contributed by atoms with Crippen LogP contribution in [0.3, 0.4) is 0 Å². The van der Waals surface area contributed by atoms with Gasteiger partial charge in [0, 0.05) is 70.7 Å². The average Bonchev–Trinajstić information content (AvgIpc) is 3.78. The lowest BCUT2D eigenvalue weighted by atomic mass is 9.84. The summed E-state index contributed by atoms with van der Waals surface area (Å²) in [5.41, 5.74) is 10.2. The summed E-state index contributed by atoms with van der Waals surface area (Å²) < 4.78 is 37.4. The van der Waals surface area contributed by atoms with Crippen LogP contribution in [0, 0.1) is 13.8 Å². The first kappa shape index (κ1) is 38.2. The Balaban J connectivity index is 1.96. The minimum Gasteiger partial charge on any atom is -0.469 e. The maximum atomic E-state index is 14.0. The fourth-order valence-corrected chi connectivity index (χ4v) is 7.48. The second kappa shape index (κ2) is 15.3. The zero-order valence-electron chi connectivity index (χ0n) is 30.6. The van der Waals surface area contributed by atoms with Crippen LogP contribution in [-0.4, -0.2) is 77.1 Å². The van der Waals surface area contributed by atoms with E-state index in [1.807, 2.05) is 39.0 Å². The molecule has 276 valence electrons. The Morgan fingerprint density at radius 3 is 2.35 bits per heavy atom. The molecule has 5 rings (SSSR count). The molecule has 14 heteroatoms. The first-order valence-electron chi connectivity index (χ1n) is 17.2. The van der Waals surface area contributed by atoms with Crippen molar-refractivity contribution >= 4 is 67.2 Å². The molecule has 0 radical (unpaired) electrons. The van der Waals surface area contributed by atoms with Gasteiger partial charge in [-0.05, 0) is 74.1 Å². The minimum absolute atomic E-state index is 0.135. The summed E-state index contributed by atoms with van der Waals surface area (Å²) in [4.78, 5) is 56.9. The second-order valence-corrected chi connectivity index (χ2v) is 14.8. The molecule has 5 heterocycles. The Morgan fingerprint density at radius 2 is 1.71 bits per heavy atom. The molecule has 13 nitrogen and oxygen atoms in total. The van der Waals surface area contributed by atoms with Gasteiger partial charge in [-0.3, -0.25) is 23.9 Å². The molecule has 0 aromatic carbocycles. The van der Waals surface area contributed by atoms with Crippen molar-refractivity contribution in [1.29, 1.82) is 0 Å². The lowest BCUT2D eigenvalue weighted by molar-refractivity contribution is -0.139. The summed E-state index contributed by atoms with van der Waals surface area (Å²) >= 11 is 0. The zero-order valence-corrected chi connectivity index (χ0v) is 31.4. The van der Waals surface area contributed by atoms with E-state index in [0.717, 1.165) is 44.3 Å².